The average Bonchev–Trinajstić information content (AvgIpc) is 2.76. The summed E-state index contributed by atoms with van der Waals surface area (Å²) in [6, 6.07) is 8.84. The van der Waals surface area contributed by atoms with Crippen LogP contribution >= 0.6 is 0 Å². The number of hydrogen-bond acceptors (Lipinski definition) is 4. The number of aromatic amines is 1. The van der Waals surface area contributed by atoms with Crippen molar-refractivity contribution in [3.05, 3.63) is 51.9 Å². The minimum Gasteiger partial charge on any atom is -0.466 e. The van der Waals surface area contributed by atoms with Crippen molar-refractivity contribution in [2.45, 2.75) is 20.3 Å². The first-order valence-corrected chi connectivity index (χ1v) is 6.60. The molecule has 2 aromatic rings. The van der Waals surface area contributed by atoms with Crippen LogP contribution in [0.4, 0.5) is 0 Å². The van der Waals surface area contributed by atoms with Crippen LogP contribution in [0, 0.1) is 0 Å². The van der Waals surface area contributed by atoms with Gasteiger partial charge >= 0.3 is 5.97 Å². The minimum atomic E-state index is -0.485. The molecule has 6 heteroatoms. The topological polar surface area (TPSA) is 81.2 Å². The molecule has 0 aliphatic carbocycles. The Labute approximate surface area is 121 Å². The molecule has 0 spiro atoms. The van der Waals surface area contributed by atoms with Crippen molar-refractivity contribution in [1.82, 2.24) is 9.78 Å². The van der Waals surface area contributed by atoms with Crippen molar-refractivity contribution >= 4 is 11.8 Å². The van der Waals surface area contributed by atoms with Gasteiger partial charge in [-0.2, -0.15) is 0 Å². The molecular weight excluding hydrogens is 272 g/mol. The van der Waals surface area contributed by atoms with E-state index in [1.165, 1.54) is 11.6 Å². The summed E-state index contributed by atoms with van der Waals surface area (Å²) in [5.41, 5.74) is 0.398. The standard InChI is InChI=1S/C15H16N2O4/c1-3-21-13(19)9-12-14(10(2)18)15(20)17(16-12)11-7-5-4-6-8-11/h4-8,16H,3,9H2,1-2H3. The number of ether oxygens (including phenoxy) is 1. The van der Waals surface area contributed by atoms with Gasteiger partial charge in [-0.1, -0.05) is 18.2 Å². The van der Waals surface area contributed by atoms with E-state index in [2.05, 4.69) is 5.10 Å². The first-order chi connectivity index (χ1) is 10.0. The molecule has 2 rings (SSSR count). The van der Waals surface area contributed by atoms with Crippen LogP contribution in [0.5, 0.6) is 0 Å². The Morgan fingerprint density at radius 3 is 2.48 bits per heavy atom. The zero-order valence-electron chi connectivity index (χ0n) is 11.9. The first kappa shape index (κ1) is 14.8. The van der Waals surface area contributed by atoms with Gasteiger partial charge < -0.3 is 4.74 Å². The van der Waals surface area contributed by atoms with Gasteiger partial charge in [-0.25, -0.2) is 4.68 Å². The summed E-state index contributed by atoms with van der Waals surface area (Å²) in [4.78, 5) is 35.6. The van der Waals surface area contributed by atoms with E-state index in [-0.39, 0.29) is 30.1 Å². The molecule has 0 unspecified atom stereocenters. The maximum Gasteiger partial charge on any atom is 0.311 e. The van der Waals surface area contributed by atoms with Crippen LogP contribution in [0.2, 0.25) is 0 Å². The fraction of sp³-hybridized carbons (Fsp3) is 0.267. The van der Waals surface area contributed by atoms with Gasteiger partial charge in [-0.05, 0) is 26.0 Å². The van der Waals surface area contributed by atoms with E-state index in [9.17, 15) is 14.4 Å². The lowest BCUT2D eigenvalue weighted by Crippen LogP contribution is -2.19. The fourth-order valence-corrected chi connectivity index (χ4v) is 2.09. The smallest absolute Gasteiger partial charge is 0.311 e. The normalized spacial score (nSPS) is 10.4. The molecule has 0 saturated heterocycles. The van der Waals surface area contributed by atoms with Crippen molar-refractivity contribution in [1.29, 1.82) is 0 Å². The molecule has 1 heterocycles. The Morgan fingerprint density at radius 2 is 1.90 bits per heavy atom. The number of H-pyrrole nitrogens is 1. The zero-order chi connectivity index (χ0) is 15.4. The molecule has 0 aliphatic heterocycles. The largest absolute Gasteiger partial charge is 0.466 e. The van der Waals surface area contributed by atoms with E-state index in [1.54, 1.807) is 31.2 Å². The van der Waals surface area contributed by atoms with Crippen LogP contribution in [0.3, 0.4) is 0 Å². The predicted molar refractivity (Wildman–Crippen MR) is 76.7 cm³/mol. The zero-order valence-corrected chi connectivity index (χ0v) is 11.9. The average molecular weight is 288 g/mol. The Bertz CT molecular complexity index is 713. The van der Waals surface area contributed by atoms with Crippen LogP contribution in [0.1, 0.15) is 29.9 Å². The minimum absolute atomic E-state index is 0.00749. The molecule has 1 aromatic carbocycles. The van der Waals surface area contributed by atoms with Gasteiger partial charge in [0.25, 0.3) is 5.56 Å². The van der Waals surface area contributed by atoms with Crippen molar-refractivity contribution in [3.8, 4) is 5.69 Å². The summed E-state index contributed by atoms with van der Waals surface area (Å²) < 4.78 is 6.11. The molecule has 21 heavy (non-hydrogen) atoms. The van der Waals surface area contributed by atoms with E-state index in [0.29, 0.717) is 5.69 Å². The van der Waals surface area contributed by atoms with E-state index in [1.807, 2.05) is 6.07 Å². The second kappa shape index (κ2) is 6.21. The lowest BCUT2D eigenvalue weighted by atomic mass is 10.1. The molecule has 0 bridgehead atoms. The first-order valence-electron chi connectivity index (χ1n) is 6.60. The van der Waals surface area contributed by atoms with Gasteiger partial charge in [-0.15, -0.1) is 0 Å². The lowest BCUT2D eigenvalue weighted by molar-refractivity contribution is -0.142. The predicted octanol–water partition coefficient (Wildman–Crippen LogP) is 1.47. The number of carbonyl (C=O) groups is 2. The van der Waals surface area contributed by atoms with Crippen molar-refractivity contribution in [3.63, 3.8) is 0 Å². The summed E-state index contributed by atoms with van der Waals surface area (Å²) in [7, 11) is 0. The van der Waals surface area contributed by atoms with Gasteiger partial charge in [0.05, 0.1) is 24.4 Å². The summed E-state index contributed by atoms with van der Waals surface area (Å²) >= 11 is 0. The summed E-state index contributed by atoms with van der Waals surface area (Å²) in [5.74, 6) is -0.869. The molecule has 110 valence electrons. The molecule has 0 saturated carbocycles. The molecule has 0 fully saturated rings. The van der Waals surface area contributed by atoms with Gasteiger partial charge in [0, 0.05) is 0 Å². The Hall–Kier alpha value is -2.63. The second-order valence-corrected chi connectivity index (χ2v) is 4.48. The lowest BCUT2D eigenvalue weighted by Gasteiger charge is -2.02. The third-order valence-electron chi connectivity index (χ3n) is 2.96. The number of ketones is 1. The highest BCUT2D eigenvalue weighted by atomic mass is 16.5. The third-order valence-corrected chi connectivity index (χ3v) is 2.96. The molecule has 0 amide bonds. The quantitative estimate of drug-likeness (QED) is 0.667. The Morgan fingerprint density at radius 1 is 1.24 bits per heavy atom. The molecule has 0 radical (unpaired) electrons. The van der Waals surface area contributed by atoms with Crippen LogP contribution in [-0.2, 0) is 16.0 Å². The van der Waals surface area contributed by atoms with E-state index in [4.69, 9.17) is 4.74 Å². The number of hydrogen-bond donors (Lipinski definition) is 1. The number of rotatable bonds is 5. The van der Waals surface area contributed by atoms with E-state index < -0.39 is 11.5 Å². The van der Waals surface area contributed by atoms with Crippen LogP contribution in [0.15, 0.2) is 35.1 Å². The Balaban J connectivity index is 2.49. The van der Waals surface area contributed by atoms with Gasteiger partial charge in [0.15, 0.2) is 5.78 Å². The third kappa shape index (κ3) is 3.10. The molecule has 1 aromatic heterocycles. The Kier molecular flexibility index (Phi) is 4.37. The molecule has 0 aliphatic rings. The number of nitrogens with zero attached hydrogens (tertiary/aromatic N) is 1. The van der Waals surface area contributed by atoms with Gasteiger partial charge in [0.2, 0.25) is 0 Å². The summed E-state index contributed by atoms with van der Waals surface area (Å²) in [6.45, 7) is 3.24. The van der Waals surface area contributed by atoms with Crippen molar-refractivity contribution < 1.29 is 14.3 Å². The highest BCUT2D eigenvalue weighted by Crippen LogP contribution is 2.09. The summed E-state index contributed by atoms with van der Waals surface area (Å²) in [5, 5.41) is 2.82. The maximum atomic E-state index is 12.3. The molecule has 1 N–H and O–H groups in total. The van der Waals surface area contributed by atoms with Crippen LogP contribution in [-0.4, -0.2) is 28.1 Å². The number of para-hydroxylation sites is 1. The second-order valence-electron chi connectivity index (χ2n) is 4.48. The number of esters is 1. The SMILES string of the molecule is CCOC(=O)Cc1[nH]n(-c2ccccc2)c(=O)c1C(C)=O. The van der Waals surface area contributed by atoms with Crippen molar-refractivity contribution in [2.24, 2.45) is 0 Å². The number of carbonyl (C=O) groups excluding carboxylic acids is 2. The van der Waals surface area contributed by atoms with Crippen LogP contribution < -0.4 is 5.56 Å². The van der Waals surface area contributed by atoms with E-state index in [0.717, 1.165) is 0 Å². The number of nitrogens with one attached hydrogen (secondary N) is 1. The maximum absolute atomic E-state index is 12.3. The van der Waals surface area contributed by atoms with E-state index >= 15 is 0 Å². The highest BCUT2D eigenvalue weighted by molar-refractivity contribution is 5.96. The monoisotopic (exact) mass is 288 g/mol. The summed E-state index contributed by atoms with van der Waals surface area (Å²) in [6.07, 6.45) is -0.141. The number of benzene rings is 1. The number of aromatic nitrogens is 2. The highest BCUT2D eigenvalue weighted by Gasteiger charge is 2.21. The molecule has 6 nitrogen and oxygen atoms in total. The van der Waals surface area contributed by atoms with Gasteiger partial charge in [0.1, 0.15) is 5.56 Å². The van der Waals surface area contributed by atoms with Crippen LogP contribution in [0.25, 0.3) is 5.69 Å². The molecule has 0 atom stereocenters. The van der Waals surface area contributed by atoms with Gasteiger partial charge in [-0.3, -0.25) is 19.5 Å². The molecular formula is C15H16N2O4. The fourth-order valence-electron chi connectivity index (χ4n) is 2.09. The van der Waals surface area contributed by atoms with Crippen molar-refractivity contribution in [2.75, 3.05) is 6.61 Å². The number of Topliss-reactive ketones (excluding diaryl/α,β-unsaturated/α-hetero) is 1.